The van der Waals surface area contributed by atoms with Crippen LogP contribution in [0.4, 0.5) is 0 Å². The van der Waals surface area contributed by atoms with E-state index in [1.807, 2.05) is 6.92 Å². The van der Waals surface area contributed by atoms with Crippen molar-refractivity contribution in [3.63, 3.8) is 0 Å². The topological polar surface area (TPSA) is 89.5 Å². The van der Waals surface area contributed by atoms with Crippen LogP contribution in [0.1, 0.15) is 19.8 Å². The smallest absolute Gasteiger partial charge is 0.194 e. The van der Waals surface area contributed by atoms with Gasteiger partial charge in [0.05, 0.1) is 38.2 Å². The molecule has 0 spiro atoms. The highest BCUT2D eigenvalue weighted by molar-refractivity contribution is 14.0. The van der Waals surface area contributed by atoms with Crippen LogP contribution < -0.4 is 5.32 Å². The number of aliphatic imine (C=N–C) groups is 1. The minimum Gasteiger partial charge on any atom is -0.378 e. The number of halogens is 1. The number of morpholine rings is 1. The first-order valence-electron chi connectivity index (χ1n) is 9.01. The van der Waals surface area contributed by atoms with E-state index in [0.717, 1.165) is 45.0 Å². The minimum atomic E-state index is -2.97. The Morgan fingerprint density at radius 2 is 2.04 bits per heavy atom. The van der Waals surface area contributed by atoms with E-state index in [4.69, 9.17) is 14.2 Å². The SMILES string of the molecule is CCNC(=NCCOCCS(C)(=O)=O)N1CCOC(C2CCCO2)C1.I. The van der Waals surface area contributed by atoms with Crippen LogP contribution in [0.15, 0.2) is 4.99 Å². The van der Waals surface area contributed by atoms with Crippen LogP contribution in [-0.2, 0) is 24.0 Å². The summed E-state index contributed by atoms with van der Waals surface area (Å²) in [5, 5.41) is 3.31. The predicted octanol–water partition coefficient (Wildman–Crippen LogP) is 0.511. The monoisotopic (exact) mass is 505 g/mol. The minimum absolute atomic E-state index is 0. The second-order valence-corrected chi connectivity index (χ2v) is 8.64. The summed E-state index contributed by atoms with van der Waals surface area (Å²) in [5.74, 6) is 0.893. The van der Waals surface area contributed by atoms with Gasteiger partial charge in [0.1, 0.15) is 15.9 Å². The summed E-state index contributed by atoms with van der Waals surface area (Å²) in [4.78, 5) is 6.80. The molecule has 0 radical (unpaired) electrons. The second kappa shape index (κ2) is 12.3. The molecule has 8 nitrogen and oxygen atoms in total. The molecule has 0 aromatic rings. The first-order chi connectivity index (χ1) is 12.0. The molecule has 2 heterocycles. The summed E-state index contributed by atoms with van der Waals surface area (Å²) in [5.41, 5.74) is 0. The number of hydrogen-bond donors (Lipinski definition) is 1. The van der Waals surface area contributed by atoms with E-state index >= 15 is 0 Å². The zero-order valence-electron chi connectivity index (χ0n) is 15.7. The number of nitrogens with zero attached hydrogens (tertiary/aromatic N) is 2. The molecule has 0 aromatic carbocycles. The van der Waals surface area contributed by atoms with Gasteiger partial charge in [0.2, 0.25) is 0 Å². The van der Waals surface area contributed by atoms with E-state index in [2.05, 4.69) is 15.2 Å². The number of hydrogen-bond acceptors (Lipinski definition) is 6. The fraction of sp³-hybridized carbons (Fsp3) is 0.938. The van der Waals surface area contributed by atoms with Gasteiger partial charge in [-0.2, -0.15) is 0 Å². The molecular weight excluding hydrogens is 473 g/mol. The first kappa shape index (κ1) is 23.9. The van der Waals surface area contributed by atoms with Crippen molar-refractivity contribution >= 4 is 39.8 Å². The summed E-state index contributed by atoms with van der Waals surface area (Å²) >= 11 is 0. The zero-order valence-corrected chi connectivity index (χ0v) is 18.8. The van der Waals surface area contributed by atoms with Crippen LogP contribution in [0.2, 0.25) is 0 Å². The zero-order chi connectivity index (χ0) is 18.1. The number of guanidine groups is 1. The Balaban J connectivity index is 0.00000338. The molecule has 2 fully saturated rings. The largest absolute Gasteiger partial charge is 0.378 e. The van der Waals surface area contributed by atoms with Crippen molar-refractivity contribution in [3.8, 4) is 0 Å². The lowest BCUT2D eigenvalue weighted by Gasteiger charge is -2.37. The predicted molar refractivity (Wildman–Crippen MR) is 112 cm³/mol. The van der Waals surface area contributed by atoms with E-state index < -0.39 is 9.84 Å². The average Bonchev–Trinajstić information content (AvgIpc) is 3.11. The molecule has 0 bridgehead atoms. The molecule has 2 unspecified atom stereocenters. The third-order valence-electron chi connectivity index (χ3n) is 4.20. The van der Waals surface area contributed by atoms with Crippen molar-refractivity contribution < 1.29 is 22.6 Å². The van der Waals surface area contributed by atoms with Crippen LogP contribution in [-0.4, -0.2) is 96.1 Å². The Bertz CT molecular complexity index is 526. The van der Waals surface area contributed by atoms with E-state index in [9.17, 15) is 8.42 Å². The fourth-order valence-electron chi connectivity index (χ4n) is 2.94. The highest BCUT2D eigenvalue weighted by Crippen LogP contribution is 2.21. The number of ether oxygens (including phenoxy) is 3. The van der Waals surface area contributed by atoms with Gasteiger partial charge in [0.15, 0.2) is 5.96 Å². The van der Waals surface area contributed by atoms with Gasteiger partial charge in [-0.05, 0) is 19.8 Å². The van der Waals surface area contributed by atoms with Gasteiger partial charge in [-0.25, -0.2) is 8.42 Å². The van der Waals surface area contributed by atoms with Crippen LogP contribution >= 0.6 is 24.0 Å². The van der Waals surface area contributed by atoms with Crippen molar-refractivity contribution in [3.05, 3.63) is 0 Å². The van der Waals surface area contributed by atoms with E-state index in [1.54, 1.807) is 0 Å². The van der Waals surface area contributed by atoms with Gasteiger partial charge in [0, 0.05) is 32.5 Å². The maximum Gasteiger partial charge on any atom is 0.194 e. The Morgan fingerprint density at radius 1 is 1.27 bits per heavy atom. The highest BCUT2D eigenvalue weighted by atomic mass is 127. The third-order valence-corrected chi connectivity index (χ3v) is 5.11. The molecule has 154 valence electrons. The van der Waals surface area contributed by atoms with Gasteiger partial charge in [-0.1, -0.05) is 0 Å². The summed E-state index contributed by atoms with van der Waals surface area (Å²) in [6.07, 6.45) is 3.64. The van der Waals surface area contributed by atoms with Crippen molar-refractivity contribution in [2.24, 2.45) is 4.99 Å². The summed E-state index contributed by atoms with van der Waals surface area (Å²) < 4.78 is 39.1. The van der Waals surface area contributed by atoms with Gasteiger partial charge in [-0.15, -0.1) is 24.0 Å². The quantitative estimate of drug-likeness (QED) is 0.223. The molecule has 2 atom stereocenters. The van der Waals surface area contributed by atoms with Crippen LogP contribution in [0.5, 0.6) is 0 Å². The summed E-state index contributed by atoms with van der Waals surface area (Å²) in [6, 6.07) is 0. The number of rotatable bonds is 8. The van der Waals surface area contributed by atoms with Gasteiger partial charge < -0.3 is 24.4 Å². The molecule has 0 aromatic heterocycles. The molecule has 1 N–H and O–H groups in total. The molecule has 0 saturated carbocycles. The maximum atomic E-state index is 11.1. The molecule has 2 rings (SSSR count). The normalized spacial score (nSPS) is 24.4. The number of nitrogens with one attached hydrogen (secondary N) is 1. The molecule has 0 aliphatic carbocycles. The molecule has 26 heavy (non-hydrogen) atoms. The van der Waals surface area contributed by atoms with E-state index in [0.29, 0.717) is 19.8 Å². The Hall–Kier alpha value is -0.170. The van der Waals surface area contributed by atoms with Crippen LogP contribution in [0, 0.1) is 0 Å². The molecule has 10 heteroatoms. The van der Waals surface area contributed by atoms with Crippen LogP contribution in [0.25, 0.3) is 0 Å². The van der Waals surface area contributed by atoms with E-state index in [1.165, 1.54) is 6.26 Å². The molecular formula is C16H32IN3O5S. The van der Waals surface area contributed by atoms with Crippen molar-refractivity contribution in [2.45, 2.75) is 32.0 Å². The van der Waals surface area contributed by atoms with Crippen LogP contribution in [0.3, 0.4) is 0 Å². The van der Waals surface area contributed by atoms with Crippen molar-refractivity contribution in [2.75, 3.05) is 64.6 Å². The summed E-state index contributed by atoms with van der Waals surface area (Å²) in [6.45, 7) is 6.99. The molecule has 2 aliphatic heterocycles. The Kier molecular flexibility index (Phi) is 11.3. The standard InChI is InChI=1S/C16H31N3O5S.HI/c1-3-17-16(18-6-9-22-11-12-25(2,20)21)19-7-10-24-15(13-19)14-5-4-8-23-14;/h14-15H,3-13H2,1-2H3,(H,17,18);1H. The second-order valence-electron chi connectivity index (χ2n) is 6.38. The average molecular weight is 505 g/mol. The Labute approximate surface area is 174 Å². The van der Waals surface area contributed by atoms with Crippen molar-refractivity contribution in [1.82, 2.24) is 10.2 Å². The van der Waals surface area contributed by atoms with Crippen molar-refractivity contribution in [1.29, 1.82) is 0 Å². The number of sulfone groups is 1. The lowest BCUT2D eigenvalue weighted by Crippen LogP contribution is -2.53. The molecule has 2 saturated heterocycles. The van der Waals surface area contributed by atoms with Gasteiger partial charge in [-0.3, -0.25) is 4.99 Å². The third kappa shape index (κ3) is 8.68. The first-order valence-corrected chi connectivity index (χ1v) is 11.1. The molecule has 0 amide bonds. The van der Waals surface area contributed by atoms with Gasteiger partial charge in [0.25, 0.3) is 0 Å². The van der Waals surface area contributed by atoms with E-state index in [-0.39, 0.29) is 48.5 Å². The fourth-order valence-corrected chi connectivity index (χ4v) is 3.36. The maximum absolute atomic E-state index is 11.1. The molecule has 2 aliphatic rings. The highest BCUT2D eigenvalue weighted by Gasteiger charge is 2.32. The summed E-state index contributed by atoms with van der Waals surface area (Å²) in [7, 11) is -2.97. The Morgan fingerprint density at radius 3 is 2.69 bits per heavy atom. The van der Waals surface area contributed by atoms with Gasteiger partial charge >= 0.3 is 0 Å². The lowest BCUT2D eigenvalue weighted by molar-refractivity contribution is -0.0817. The lowest BCUT2D eigenvalue weighted by atomic mass is 10.1.